The average molecular weight is 319 g/mol. The van der Waals surface area contributed by atoms with Crippen LogP contribution in [0.2, 0.25) is 0 Å². The number of ether oxygens (including phenoxy) is 1. The number of nitrogens with zero attached hydrogens (tertiary/aromatic N) is 1. The lowest BCUT2D eigenvalue weighted by Gasteiger charge is -2.08. The van der Waals surface area contributed by atoms with E-state index in [4.69, 9.17) is 10.5 Å². The molecule has 0 aliphatic carbocycles. The lowest BCUT2D eigenvalue weighted by atomic mass is 10.1. The van der Waals surface area contributed by atoms with Gasteiger partial charge in [-0.05, 0) is 30.3 Å². The second-order valence-corrected chi connectivity index (χ2v) is 4.80. The minimum Gasteiger partial charge on any atom is -0.489 e. The van der Waals surface area contributed by atoms with Crippen LogP contribution in [0.15, 0.2) is 60.4 Å². The number of rotatable bonds is 4. The molecule has 0 aliphatic heterocycles. The van der Waals surface area contributed by atoms with Gasteiger partial charge in [0.05, 0.1) is 17.4 Å². The number of aromatic nitrogens is 1. The number of benzene rings is 2. The van der Waals surface area contributed by atoms with Crippen molar-refractivity contribution >= 4 is 34.2 Å². The lowest BCUT2D eigenvalue weighted by Crippen LogP contribution is -2.10. The number of fused-ring (bicyclic) bond motifs is 2. The monoisotopic (exact) mass is 318 g/mol. The normalized spacial score (nSPS) is 11.5. The molecule has 0 saturated heterocycles. The van der Waals surface area contributed by atoms with E-state index in [9.17, 15) is 4.39 Å². The molecular formula is C17H16ClFN2O. The van der Waals surface area contributed by atoms with E-state index in [0.29, 0.717) is 17.7 Å². The Morgan fingerprint density at radius 2 is 1.86 bits per heavy atom. The van der Waals surface area contributed by atoms with Gasteiger partial charge in [-0.3, -0.25) is 0 Å². The van der Waals surface area contributed by atoms with Crippen molar-refractivity contribution in [1.82, 2.24) is 4.98 Å². The van der Waals surface area contributed by atoms with Crippen molar-refractivity contribution < 1.29 is 9.13 Å². The third-order valence-electron chi connectivity index (χ3n) is 3.33. The van der Waals surface area contributed by atoms with Crippen LogP contribution in [-0.2, 0) is 0 Å². The van der Waals surface area contributed by atoms with Crippen LogP contribution in [0.3, 0.4) is 0 Å². The van der Waals surface area contributed by atoms with E-state index in [1.807, 2.05) is 42.5 Å². The SMILES string of the molecule is Cl.NC/C(=C\F)COc1ccc2nc3ccccc3cc2c1. The van der Waals surface area contributed by atoms with E-state index >= 15 is 0 Å². The predicted molar refractivity (Wildman–Crippen MR) is 90.2 cm³/mol. The van der Waals surface area contributed by atoms with Gasteiger partial charge in [0.15, 0.2) is 0 Å². The summed E-state index contributed by atoms with van der Waals surface area (Å²) in [6.07, 6.45) is 0.496. The molecule has 0 unspecified atom stereocenters. The van der Waals surface area contributed by atoms with Crippen LogP contribution < -0.4 is 10.5 Å². The van der Waals surface area contributed by atoms with E-state index in [1.165, 1.54) is 0 Å². The van der Waals surface area contributed by atoms with Crippen molar-refractivity contribution in [2.24, 2.45) is 5.73 Å². The lowest BCUT2D eigenvalue weighted by molar-refractivity contribution is 0.348. The van der Waals surface area contributed by atoms with Crippen molar-refractivity contribution in [1.29, 1.82) is 0 Å². The zero-order valence-corrected chi connectivity index (χ0v) is 12.6. The van der Waals surface area contributed by atoms with E-state index in [0.717, 1.165) is 21.8 Å². The Morgan fingerprint density at radius 1 is 1.09 bits per heavy atom. The molecule has 3 rings (SSSR count). The van der Waals surface area contributed by atoms with Crippen molar-refractivity contribution in [2.75, 3.05) is 13.2 Å². The minimum atomic E-state index is 0. The minimum absolute atomic E-state index is 0. The van der Waals surface area contributed by atoms with Gasteiger partial charge in [-0.25, -0.2) is 9.37 Å². The predicted octanol–water partition coefficient (Wildman–Crippen LogP) is 4.00. The maximum absolute atomic E-state index is 12.5. The first-order valence-electron chi connectivity index (χ1n) is 6.70. The molecule has 5 heteroatoms. The quantitative estimate of drug-likeness (QED) is 0.740. The molecule has 0 fully saturated rings. The van der Waals surface area contributed by atoms with Gasteiger partial charge >= 0.3 is 0 Å². The first-order valence-corrected chi connectivity index (χ1v) is 6.70. The third kappa shape index (κ3) is 3.35. The smallest absolute Gasteiger partial charge is 0.120 e. The van der Waals surface area contributed by atoms with Crippen molar-refractivity contribution in [3.8, 4) is 5.75 Å². The fraction of sp³-hybridized carbons (Fsp3) is 0.118. The van der Waals surface area contributed by atoms with E-state index < -0.39 is 0 Å². The highest BCUT2D eigenvalue weighted by molar-refractivity contribution is 5.93. The maximum Gasteiger partial charge on any atom is 0.120 e. The Bertz CT molecular complexity index is 820. The van der Waals surface area contributed by atoms with Gasteiger partial charge < -0.3 is 10.5 Å². The van der Waals surface area contributed by atoms with E-state index in [-0.39, 0.29) is 25.6 Å². The van der Waals surface area contributed by atoms with E-state index in [1.54, 1.807) is 0 Å². The highest BCUT2D eigenvalue weighted by Crippen LogP contribution is 2.23. The molecule has 0 amide bonds. The second kappa shape index (κ2) is 7.20. The zero-order chi connectivity index (χ0) is 14.7. The maximum atomic E-state index is 12.5. The molecular weight excluding hydrogens is 303 g/mol. The van der Waals surface area contributed by atoms with Crippen molar-refractivity contribution in [3.63, 3.8) is 0 Å². The van der Waals surface area contributed by atoms with Gasteiger partial charge in [0.25, 0.3) is 0 Å². The first-order chi connectivity index (χ1) is 10.3. The topological polar surface area (TPSA) is 48.1 Å². The van der Waals surface area contributed by atoms with Crippen LogP contribution in [-0.4, -0.2) is 18.1 Å². The second-order valence-electron chi connectivity index (χ2n) is 4.80. The zero-order valence-electron chi connectivity index (χ0n) is 11.8. The van der Waals surface area contributed by atoms with Crippen LogP contribution in [0.25, 0.3) is 21.8 Å². The van der Waals surface area contributed by atoms with Crippen LogP contribution in [0.1, 0.15) is 0 Å². The summed E-state index contributed by atoms with van der Waals surface area (Å²) in [6.45, 7) is 0.301. The summed E-state index contributed by atoms with van der Waals surface area (Å²) in [5.41, 5.74) is 7.69. The Kier molecular flexibility index (Phi) is 5.31. The molecule has 1 aromatic heterocycles. The summed E-state index contributed by atoms with van der Waals surface area (Å²) in [4.78, 5) is 4.60. The van der Waals surface area contributed by atoms with Gasteiger partial charge in [-0.15, -0.1) is 12.4 Å². The fourth-order valence-electron chi connectivity index (χ4n) is 2.16. The highest BCUT2D eigenvalue weighted by atomic mass is 35.5. The molecule has 0 radical (unpaired) electrons. The highest BCUT2D eigenvalue weighted by Gasteiger charge is 2.03. The van der Waals surface area contributed by atoms with Gasteiger partial charge in [-0.2, -0.15) is 0 Å². The molecule has 0 aliphatic rings. The number of para-hydroxylation sites is 1. The molecule has 0 bridgehead atoms. The molecule has 0 atom stereocenters. The molecule has 3 nitrogen and oxygen atoms in total. The molecule has 2 N–H and O–H groups in total. The van der Waals surface area contributed by atoms with Crippen molar-refractivity contribution in [3.05, 3.63) is 60.4 Å². The average Bonchev–Trinajstić information content (AvgIpc) is 2.53. The largest absolute Gasteiger partial charge is 0.489 e. The summed E-state index contributed by atoms with van der Waals surface area (Å²) in [5.74, 6) is 0.674. The molecule has 3 aromatic rings. The Morgan fingerprint density at radius 3 is 2.64 bits per heavy atom. The summed E-state index contributed by atoms with van der Waals surface area (Å²) >= 11 is 0. The standard InChI is InChI=1S/C17H15FN2O.ClH/c18-9-12(10-19)11-21-15-5-6-17-14(8-15)7-13-3-1-2-4-16(13)20-17;/h1-9H,10-11,19H2;1H/b12-9+;. The van der Waals surface area contributed by atoms with Gasteiger partial charge in [0, 0.05) is 22.9 Å². The van der Waals surface area contributed by atoms with Crippen LogP contribution in [0.5, 0.6) is 5.75 Å². The molecule has 0 saturated carbocycles. The summed E-state index contributed by atoms with van der Waals surface area (Å²) in [6, 6.07) is 15.7. The number of halogens is 2. The first kappa shape index (κ1) is 16.2. The summed E-state index contributed by atoms with van der Waals surface area (Å²) in [7, 11) is 0. The van der Waals surface area contributed by atoms with Gasteiger partial charge in [-0.1, -0.05) is 18.2 Å². The molecule has 1 heterocycles. The van der Waals surface area contributed by atoms with Gasteiger partial charge in [0.2, 0.25) is 0 Å². The molecule has 22 heavy (non-hydrogen) atoms. The van der Waals surface area contributed by atoms with Crippen molar-refractivity contribution in [2.45, 2.75) is 0 Å². The Hall–Kier alpha value is -2.17. The Balaban J connectivity index is 0.00000176. The fourth-order valence-corrected chi connectivity index (χ4v) is 2.16. The van der Waals surface area contributed by atoms with Crippen LogP contribution >= 0.6 is 12.4 Å². The summed E-state index contributed by atoms with van der Waals surface area (Å²) < 4.78 is 18.0. The van der Waals surface area contributed by atoms with E-state index in [2.05, 4.69) is 11.1 Å². The molecule has 0 spiro atoms. The Labute approximate surface area is 134 Å². The van der Waals surface area contributed by atoms with Crippen LogP contribution in [0, 0.1) is 0 Å². The van der Waals surface area contributed by atoms with Crippen LogP contribution in [0.4, 0.5) is 4.39 Å². The molecule has 2 aromatic carbocycles. The summed E-state index contributed by atoms with van der Waals surface area (Å²) in [5, 5.41) is 2.07. The molecule has 114 valence electrons. The van der Waals surface area contributed by atoms with Gasteiger partial charge in [0.1, 0.15) is 12.4 Å². The third-order valence-corrected chi connectivity index (χ3v) is 3.33. The number of hydrogen-bond acceptors (Lipinski definition) is 3. The number of nitrogens with two attached hydrogens (primary N) is 1. The number of hydrogen-bond donors (Lipinski definition) is 1. The number of pyridine rings is 1.